The van der Waals surface area contributed by atoms with E-state index in [9.17, 15) is 0 Å². The highest BCUT2D eigenvalue weighted by Crippen LogP contribution is 2.46. The fraction of sp³-hybridized carbons (Fsp3) is 0.333. The minimum absolute atomic E-state index is 0.0173. The average Bonchev–Trinajstić information content (AvgIpc) is 4.10. The molecular formula is C45H47BrN14. The van der Waals surface area contributed by atoms with Crippen LogP contribution in [0.15, 0.2) is 114 Å². The second-order valence-corrected chi connectivity index (χ2v) is 16.9. The summed E-state index contributed by atoms with van der Waals surface area (Å²) >= 11 is 3.56. The fourth-order valence-electron chi connectivity index (χ4n) is 9.18. The van der Waals surface area contributed by atoms with Gasteiger partial charge in [0.2, 0.25) is 11.9 Å². The molecule has 3 aromatic carbocycles. The van der Waals surface area contributed by atoms with Crippen LogP contribution in [-0.4, -0.2) is 55.5 Å². The number of anilines is 5. The van der Waals surface area contributed by atoms with Gasteiger partial charge < -0.3 is 20.4 Å². The number of nitrogens with zero attached hydrogens (tertiary/aromatic N) is 12. The quantitative estimate of drug-likeness (QED) is 0.107. The van der Waals surface area contributed by atoms with Gasteiger partial charge in [-0.3, -0.25) is 9.13 Å². The number of unbranched alkanes of at least 4 members (excludes halogenated alkanes) is 1. The number of aromatic nitrogens is 10. The lowest BCUT2D eigenvalue weighted by Crippen LogP contribution is -2.42. The van der Waals surface area contributed by atoms with Crippen molar-refractivity contribution in [3.63, 3.8) is 0 Å². The van der Waals surface area contributed by atoms with Crippen molar-refractivity contribution in [1.82, 2.24) is 49.5 Å². The number of halogens is 1. The predicted molar refractivity (Wildman–Crippen MR) is 236 cm³/mol. The molecular weight excluding hydrogens is 816 g/mol. The molecule has 2 aliphatic heterocycles. The molecule has 0 bridgehead atoms. The van der Waals surface area contributed by atoms with E-state index in [4.69, 9.17) is 30.1 Å². The Morgan fingerprint density at radius 3 is 1.82 bits per heavy atom. The highest BCUT2D eigenvalue weighted by Gasteiger charge is 2.40. The molecule has 15 heteroatoms. The lowest BCUT2D eigenvalue weighted by molar-refractivity contribution is 0.430. The zero-order chi connectivity index (χ0) is 40.6. The molecule has 0 saturated heterocycles. The van der Waals surface area contributed by atoms with Gasteiger partial charge in [-0.2, -0.15) is 9.97 Å². The van der Waals surface area contributed by atoms with Crippen molar-refractivity contribution < 1.29 is 0 Å². The zero-order valence-electron chi connectivity index (χ0n) is 33.7. The summed E-state index contributed by atoms with van der Waals surface area (Å²) in [5.74, 6) is 4.76. The summed E-state index contributed by atoms with van der Waals surface area (Å²) in [7, 11) is 0. The molecule has 304 valence electrons. The standard InChI is InChI=1S/C45H47BrN14/c1-29(31-13-5-3-6-14-31)51-44-47-25-38-40(53-44)59(34-15-7-4-8-16-34)36(42-55-49-27-57(38)42)19-11-12-20-37-43-56-50-28-58(43)39-26-48-45(52-30(2)32-21-23-33(46)24-22-32)54-41(39)60(37)35-17-9-10-18-35/h3-8,13-16,21-30,35-37H,9-12,17-20H2,1-2H3,(H,47,51,53)(H,48,52,54)/t29-,30-,36+,37+/m0/s1. The van der Waals surface area contributed by atoms with Crippen LogP contribution in [0, 0.1) is 0 Å². The Morgan fingerprint density at radius 1 is 0.650 bits per heavy atom. The second-order valence-electron chi connectivity index (χ2n) is 16.0. The number of hydrogen-bond acceptors (Lipinski definition) is 12. The van der Waals surface area contributed by atoms with Gasteiger partial charge >= 0.3 is 0 Å². The molecule has 6 heterocycles. The maximum atomic E-state index is 5.25. The van der Waals surface area contributed by atoms with Gasteiger partial charge in [-0.05, 0) is 74.9 Å². The molecule has 1 saturated carbocycles. The van der Waals surface area contributed by atoms with Gasteiger partial charge in [-0.15, -0.1) is 20.4 Å². The molecule has 7 aromatic rings. The molecule has 2 N–H and O–H groups in total. The van der Waals surface area contributed by atoms with Gasteiger partial charge in [0.05, 0.1) is 36.6 Å². The van der Waals surface area contributed by atoms with Crippen LogP contribution in [0.2, 0.25) is 0 Å². The lowest BCUT2D eigenvalue weighted by Gasteiger charge is -2.41. The van der Waals surface area contributed by atoms with E-state index in [1.807, 2.05) is 30.9 Å². The third kappa shape index (κ3) is 7.24. The number of para-hydroxylation sites is 1. The van der Waals surface area contributed by atoms with Crippen LogP contribution >= 0.6 is 15.9 Å². The predicted octanol–water partition coefficient (Wildman–Crippen LogP) is 9.79. The summed E-state index contributed by atoms with van der Waals surface area (Å²) in [5, 5.41) is 25.4. The van der Waals surface area contributed by atoms with Gasteiger partial charge in [-0.25, -0.2) is 9.97 Å². The third-order valence-electron chi connectivity index (χ3n) is 12.2. The van der Waals surface area contributed by atoms with E-state index >= 15 is 0 Å². The van der Waals surface area contributed by atoms with Crippen LogP contribution < -0.4 is 20.4 Å². The Morgan fingerprint density at radius 2 is 1.18 bits per heavy atom. The number of rotatable bonds is 13. The highest BCUT2D eigenvalue weighted by atomic mass is 79.9. The van der Waals surface area contributed by atoms with E-state index in [0.717, 1.165) is 83.3 Å². The molecule has 1 fully saturated rings. The van der Waals surface area contributed by atoms with Crippen LogP contribution in [-0.2, 0) is 0 Å². The van der Waals surface area contributed by atoms with Gasteiger partial charge in [0.1, 0.15) is 24.0 Å². The van der Waals surface area contributed by atoms with Crippen molar-refractivity contribution in [2.24, 2.45) is 0 Å². The molecule has 4 atom stereocenters. The van der Waals surface area contributed by atoms with E-state index < -0.39 is 0 Å². The zero-order valence-corrected chi connectivity index (χ0v) is 35.3. The number of hydrogen-bond donors (Lipinski definition) is 2. The first kappa shape index (κ1) is 38.0. The minimum Gasteiger partial charge on any atom is -0.348 e. The normalized spacial score (nSPS) is 18.0. The molecule has 3 aliphatic rings. The maximum absolute atomic E-state index is 5.25. The van der Waals surface area contributed by atoms with Crippen LogP contribution in [0.4, 0.5) is 29.2 Å². The van der Waals surface area contributed by atoms with E-state index in [-0.39, 0.29) is 24.2 Å². The third-order valence-corrected chi connectivity index (χ3v) is 12.7. The molecule has 0 spiro atoms. The largest absolute Gasteiger partial charge is 0.348 e. The minimum atomic E-state index is -0.104. The van der Waals surface area contributed by atoms with E-state index in [1.54, 1.807) is 6.33 Å². The van der Waals surface area contributed by atoms with Crippen LogP contribution in [0.3, 0.4) is 0 Å². The lowest BCUT2D eigenvalue weighted by atomic mass is 9.98. The molecule has 10 rings (SSSR count). The van der Waals surface area contributed by atoms with Gasteiger partial charge in [-0.1, -0.05) is 102 Å². The highest BCUT2D eigenvalue weighted by molar-refractivity contribution is 9.10. The maximum Gasteiger partial charge on any atom is 0.225 e. The SMILES string of the molecule is C[C@H](Nc1ncc2c(n1)N(c1ccccc1)[C@H](CCCC[C@@H]1c3nncn3-c3cnc(N[C@@H](C)c4ccc(Br)cc4)nc3N1C1CCCC1)c1nncn1-2)c1ccccc1. The molecule has 60 heavy (non-hydrogen) atoms. The summed E-state index contributed by atoms with van der Waals surface area (Å²) in [6.45, 7) is 4.27. The van der Waals surface area contributed by atoms with Gasteiger partial charge in [0.25, 0.3) is 0 Å². The van der Waals surface area contributed by atoms with Crippen LogP contribution in [0.5, 0.6) is 0 Å². The van der Waals surface area contributed by atoms with Crippen molar-refractivity contribution in [3.8, 4) is 11.4 Å². The summed E-state index contributed by atoms with van der Waals surface area (Å²) < 4.78 is 5.20. The Hall–Kier alpha value is -6.22. The van der Waals surface area contributed by atoms with Crippen LogP contribution in [0.1, 0.15) is 112 Å². The molecule has 0 amide bonds. The first-order valence-electron chi connectivity index (χ1n) is 21.0. The summed E-state index contributed by atoms with van der Waals surface area (Å²) in [6.07, 6.45) is 15.7. The number of nitrogens with one attached hydrogen (secondary N) is 2. The molecule has 4 aromatic heterocycles. The van der Waals surface area contributed by atoms with E-state index in [1.165, 1.54) is 24.0 Å². The molecule has 0 unspecified atom stereocenters. The van der Waals surface area contributed by atoms with Crippen molar-refractivity contribution in [2.45, 2.75) is 95.4 Å². The smallest absolute Gasteiger partial charge is 0.225 e. The number of benzene rings is 3. The first-order chi connectivity index (χ1) is 29.5. The summed E-state index contributed by atoms with van der Waals surface area (Å²) in [5.41, 5.74) is 5.15. The van der Waals surface area contributed by atoms with Crippen molar-refractivity contribution >= 4 is 45.1 Å². The summed E-state index contributed by atoms with van der Waals surface area (Å²) in [6, 6.07) is 29.5. The van der Waals surface area contributed by atoms with Crippen molar-refractivity contribution in [3.05, 3.63) is 137 Å². The van der Waals surface area contributed by atoms with Crippen LogP contribution in [0.25, 0.3) is 11.4 Å². The Kier molecular flexibility index (Phi) is 10.4. The van der Waals surface area contributed by atoms with Gasteiger partial charge in [0, 0.05) is 16.2 Å². The Balaban J connectivity index is 0.919. The fourth-order valence-corrected chi connectivity index (χ4v) is 9.44. The van der Waals surface area contributed by atoms with Crippen molar-refractivity contribution in [2.75, 3.05) is 20.4 Å². The van der Waals surface area contributed by atoms with Crippen molar-refractivity contribution in [1.29, 1.82) is 0 Å². The van der Waals surface area contributed by atoms with Gasteiger partial charge in [0.15, 0.2) is 23.3 Å². The monoisotopic (exact) mass is 862 g/mol. The second kappa shape index (κ2) is 16.4. The molecule has 0 radical (unpaired) electrons. The number of fused-ring (bicyclic) bond motifs is 6. The Labute approximate surface area is 357 Å². The topological polar surface area (TPSA) is 144 Å². The van der Waals surface area contributed by atoms with E-state index in [2.05, 4.69) is 142 Å². The van der Waals surface area contributed by atoms with E-state index in [0.29, 0.717) is 17.9 Å². The molecule has 14 nitrogen and oxygen atoms in total. The Bertz CT molecular complexity index is 2550. The first-order valence-corrected chi connectivity index (χ1v) is 21.8. The summed E-state index contributed by atoms with van der Waals surface area (Å²) in [4.78, 5) is 24.9. The average molecular weight is 864 g/mol. The molecule has 1 aliphatic carbocycles.